The number of aromatic hydroxyl groups is 1. The van der Waals surface area contributed by atoms with E-state index in [-0.39, 0.29) is 21.3 Å². The third-order valence-electron chi connectivity index (χ3n) is 2.46. The van der Waals surface area contributed by atoms with Gasteiger partial charge in [-0.15, -0.1) is 0 Å². The van der Waals surface area contributed by atoms with Crippen LogP contribution in [0.3, 0.4) is 0 Å². The molecule has 0 unspecified atom stereocenters. The van der Waals surface area contributed by atoms with Crippen LogP contribution in [0.1, 0.15) is 5.69 Å². The van der Waals surface area contributed by atoms with E-state index in [9.17, 15) is 28.4 Å². The lowest BCUT2D eigenvalue weighted by Crippen LogP contribution is -2.12. The van der Waals surface area contributed by atoms with Gasteiger partial charge in [0.2, 0.25) is 0 Å². The number of sulfonamides is 1. The maximum atomic E-state index is 12.1. The quantitative estimate of drug-likeness (QED) is 0.436. The number of nitrogens with zero attached hydrogens (tertiary/aromatic N) is 1. The summed E-state index contributed by atoms with van der Waals surface area (Å²) in [7, 11) is -4.07. The number of phenolic OH excluding ortho intramolecular Hbond substituents is 1. The summed E-state index contributed by atoms with van der Waals surface area (Å²) < 4.78 is 26.1. The lowest BCUT2D eigenvalue weighted by atomic mass is 10.3. The third kappa shape index (κ3) is 3.03. The Kier molecular flexibility index (Phi) is 3.70. The topological polar surface area (TPSA) is 142 Å². The van der Waals surface area contributed by atoms with Crippen LogP contribution in [-0.4, -0.2) is 23.4 Å². The van der Waals surface area contributed by atoms with Crippen molar-refractivity contribution in [2.24, 2.45) is 0 Å². The molecule has 9 nitrogen and oxygen atoms in total. The smallest absolute Gasteiger partial charge is 0.306 e. The van der Waals surface area contributed by atoms with Gasteiger partial charge >= 0.3 is 4.87 Å². The highest BCUT2D eigenvalue weighted by molar-refractivity contribution is 7.94. The number of benzene rings is 1. The number of nitro benzene ring substituents is 1. The molecule has 0 radical (unpaired) electrons. The standard InChI is InChI=1S/C10H9N3O6S2/c1-5-9(20-10(15)11-5)21(18,19)12-7-3-2-6(13(16)17)4-8(7)14/h2-4,12,14H,1H3,(H,11,15). The minimum absolute atomic E-state index is 0.166. The molecule has 0 spiro atoms. The van der Waals surface area contributed by atoms with E-state index in [0.717, 1.165) is 18.2 Å². The predicted molar refractivity (Wildman–Crippen MR) is 75.2 cm³/mol. The van der Waals surface area contributed by atoms with Crippen LogP contribution in [0.4, 0.5) is 11.4 Å². The third-order valence-corrected chi connectivity index (χ3v) is 5.43. The zero-order valence-electron chi connectivity index (χ0n) is 10.5. The van der Waals surface area contributed by atoms with Crippen molar-refractivity contribution >= 4 is 32.7 Å². The number of nitro groups is 1. The van der Waals surface area contributed by atoms with Crippen molar-refractivity contribution in [2.45, 2.75) is 11.1 Å². The zero-order chi connectivity index (χ0) is 15.8. The first kappa shape index (κ1) is 15.0. The molecule has 0 bridgehead atoms. The van der Waals surface area contributed by atoms with Gasteiger partial charge in [0.15, 0.2) is 4.21 Å². The molecule has 0 amide bonds. The Morgan fingerprint density at radius 1 is 1.43 bits per heavy atom. The summed E-state index contributed by atoms with van der Waals surface area (Å²) in [5.74, 6) is -0.590. The number of thiazole rings is 1. The molecule has 0 fully saturated rings. The maximum absolute atomic E-state index is 12.1. The molecule has 0 saturated heterocycles. The number of non-ortho nitro benzene ring substituents is 1. The monoisotopic (exact) mass is 331 g/mol. The molecule has 1 aromatic carbocycles. The average Bonchev–Trinajstić information content (AvgIpc) is 2.71. The highest BCUT2D eigenvalue weighted by Gasteiger charge is 2.22. The van der Waals surface area contributed by atoms with Crippen molar-refractivity contribution in [1.82, 2.24) is 4.98 Å². The number of hydrogen-bond acceptors (Lipinski definition) is 7. The first-order valence-electron chi connectivity index (χ1n) is 5.40. The normalized spacial score (nSPS) is 11.3. The highest BCUT2D eigenvalue weighted by Crippen LogP contribution is 2.30. The molecule has 21 heavy (non-hydrogen) atoms. The van der Waals surface area contributed by atoms with Crippen LogP contribution >= 0.6 is 11.3 Å². The Morgan fingerprint density at radius 3 is 2.57 bits per heavy atom. The average molecular weight is 331 g/mol. The van der Waals surface area contributed by atoms with Gasteiger partial charge in [-0.3, -0.25) is 19.6 Å². The van der Waals surface area contributed by atoms with Crippen LogP contribution in [0.5, 0.6) is 5.75 Å². The number of rotatable bonds is 4. The fourth-order valence-corrected chi connectivity index (χ4v) is 3.93. The molecular formula is C10H9N3O6S2. The van der Waals surface area contributed by atoms with E-state index in [0.29, 0.717) is 11.3 Å². The molecule has 3 N–H and O–H groups in total. The number of aryl methyl sites for hydroxylation is 1. The van der Waals surface area contributed by atoms with Crippen molar-refractivity contribution < 1.29 is 18.4 Å². The lowest BCUT2D eigenvalue weighted by Gasteiger charge is -2.08. The van der Waals surface area contributed by atoms with Gasteiger partial charge in [0, 0.05) is 11.8 Å². The van der Waals surface area contributed by atoms with Gasteiger partial charge in [0.05, 0.1) is 16.7 Å². The number of H-pyrrole nitrogens is 1. The number of anilines is 1. The van der Waals surface area contributed by atoms with Crippen LogP contribution < -0.4 is 9.60 Å². The summed E-state index contributed by atoms with van der Waals surface area (Å²) in [6.45, 7) is 1.42. The fraction of sp³-hybridized carbons (Fsp3) is 0.100. The largest absolute Gasteiger partial charge is 0.505 e. The summed E-state index contributed by atoms with van der Waals surface area (Å²) in [6, 6.07) is 2.93. The van der Waals surface area contributed by atoms with E-state index >= 15 is 0 Å². The molecule has 11 heteroatoms. The van der Waals surface area contributed by atoms with E-state index in [1.165, 1.54) is 6.92 Å². The Labute approximate surface area is 122 Å². The molecule has 2 aromatic rings. The maximum Gasteiger partial charge on any atom is 0.306 e. The molecule has 112 valence electrons. The molecule has 0 aliphatic carbocycles. The van der Waals surface area contributed by atoms with Gasteiger partial charge < -0.3 is 10.1 Å². The number of hydrogen-bond donors (Lipinski definition) is 3. The van der Waals surface area contributed by atoms with Crippen molar-refractivity contribution in [3.8, 4) is 5.75 Å². The van der Waals surface area contributed by atoms with Crippen molar-refractivity contribution in [3.63, 3.8) is 0 Å². The van der Waals surface area contributed by atoms with Crippen molar-refractivity contribution in [3.05, 3.63) is 43.7 Å². The predicted octanol–water partition coefficient (Wildman–Crippen LogP) is 1.16. The SMILES string of the molecule is Cc1[nH]c(=O)sc1S(=O)(=O)Nc1ccc([N+](=O)[O-])cc1O. The Hall–Kier alpha value is -2.40. The number of nitrogens with one attached hydrogen (secondary N) is 2. The molecular weight excluding hydrogens is 322 g/mol. The molecule has 0 aliphatic heterocycles. The second kappa shape index (κ2) is 5.18. The molecule has 0 atom stereocenters. The van der Waals surface area contributed by atoms with Crippen LogP contribution in [0, 0.1) is 17.0 Å². The van der Waals surface area contributed by atoms with E-state index in [4.69, 9.17) is 0 Å². The summed E-state index contributed by atoms with van der Waals surface area (Å²) in [5.41, 5.74) is -0.433. The number of aromatic nitrogens is 1. The second-order valence-electron chi connectivity index (χ2n) is 3.99. The van der Waals surface area contributed by atoms with Crippen LogP contribution in [0.25, 0.3) is 0 Å². The Balaban J connectivity index is 2.40. The Bertz CT molecular complexity index is 867. The van der Waals surface area contributed by atoms with E-state index in [1.54, 1.807) is 0 Å². The van der Waals surface area contributed by atoms with E-state index in [1.807, 2.05) is 0 Å². The summed E-state index contributed by atoms with van der Waals surface area (Å²) in [6.07, 6.45) is 0. The van der Waals surface area contributed by atoms with Crippen molar-refractivity contribution in [1.29, 1.82) is 0 Å². The molecule has 1 aromatic heterocycles. The highest BCUT2D eigenvalue weighted by atomic mass is 32.2. The first-order valence-corrected chi connectivity index (χ1v) is 7.70. The van der Waals surface area contributed by atoms with Gasteiger partial charge in [-0.25, -0.2) is 8.42 Å². The number of phenols is 1. The van der Waals surface area contributed by atoms with Gasteiger partial charge in [-0.05, 0) is 13.0 Å². The van der Waals surface area contributed by atoms with Crippen molar-refractivity contribution in [2.75, 3.05) is 4.72 Å². The zero-order valence-corrected chi connectivity index (χ0v) is 12.1. The number of aromatic amines is 1. The van der Waals surface area contributed by atoms with E-state index < -0.39 is 25.6 Å². The van der Waals surface area contributed by atoms with Crippen LogP contribution in [-0.2, 0) is 10.0 Å². The molecule has 0 saturated carbocycles. The molecule has 1 heterocycles. The summed E-state index contributed by atoms with van der Waals surface area (Å²) in [4.78, 5) is 22.8. The van der Waals surface area contributed by atoms with E-state index in [2.05, 4.69) is 9.71 Å². The van der Waals surface area contributed by atoms with Crippen LogP contribution in [0.15, 0.2) is 27.2 Å². The van der Waals surface area contributed by atoms with Gasteiger partial charge in [-0.1, -0.05) is 11.3 Å². The summed E-state index contributed by atoms with van der Waals surface area (Å²) in [5, 5.41) is 20.2. The minimum atomic E-state index is -4.07. The lowest BCUT2D eigenvalue weighted by molar-refractivity contribution is -0.384. The fourth-order valence-electron chi connectivity index (χ4n) is 1.56. The van der Waals surface area contributed by atoms with Gasteiger partial charge in [0.25, 0.3) is 15.7 Å². The molecule has 2 rings (SSSR count). The summed E-state index contributed by atoms with van der Waals surface area (Å²) >= 11 is 0.503. The van der Waals surface area contributed by atoms with Crippen LogP contribution in [0.2, 0.25) is 0 Å². The first-order chi connectivity index (χ1) is 9.70. The van der Waals surface area contributed by atoms with Gasteiger partial charge in [-0.2, -0.15) is 0 Å². The minimum Gasteiger partial charge on any atom is -0.505 e. The molecule has 0 aliphatic rings. The second-order valence-corrected chi connectivity index (χ2v) is 6.85. The Morgan fingerprint density at radius 2 is 2.10 bits per heavy atom. The van der Waals surface area contributed by atoms with Gasteiger partial charge in [0.1, 0.15) is 5.75 Å².